The van der Waals surface area contributed by atoms with Crippen molar-refractivity contribution >= 4 is 17.6 Å². The van der Waals surface area contributed by atoms with Gasteiger partial charge >= 0.3 is 5.97 Å². The number of anilines is 1. The lowest BCUT2D eigenvalue weighted by molar-refractivity contribution is -0.145. The van der Waals surface area contributed by atoms with Crippen molar-refractivity contribution in [2.45, 2.75) is 19.8 Å². The Kier molecular flexibility index (Phi) is 3.78. The van der Waals surface area contributed by atoms with E-state index in [-0.39, 0.29) is 11.6 Å². The lowest BCUT2D eigenvalue weighted by Crippen LogP contribution is -2.30. The summed E-state index contributed by atoms with van der Waals surface area (Å²) in [6.07, 6.45) is 3.36. The molecule has 1 aromatic heterocycles. The van der Waals surface area contributed by atoms with E-state index >= 15 is 0 Å². The summed E-state index contributed by atoms with van der Waals surface area (Å²) in [6, 6.07) is 1.35. The topological polar surface area (TPSA) is 79.3 Å². The Hall–Kier alpha value is -1.98. The molecule has 6 heteroatoms. The zero-order valence-electron chi connectivity index (χ0n) is 10.5. The standard InChI is InChI=1S/C13H15FN2O3/c1-7-4-8(9(5-7)13(18)19)12(17)16-11-2-3-15-6-10(11)14/h2-3,6-9H,4-5H2,1H3,(H,18,19)(H,15,16,17)/t7?,8-,9+/m0/s1. The van der Waals surface area contributed by atoms with Crippen LogP contribution in [0, 0.1) is 23.6 Å². The van der Waals surface area contributed by atoms with Crippen molar-refractivity contribution < 1.29 is 19.1 Å². The van der Waals surface area contributed by atoms with Crippen molar-refractivity contribution in [1.82, 2.24) is 4.98 Å². The summed E-state index contributed by atoms with van der Waals surface area (Å²) >= 11 is 0. The fraction of sp³-hybridized carbons (Fsp3) is 0.462. The van der Waals surface area contributed by atoms with Crippen LogP contribution < -0.4 is 5.32 Å². The van der Waals surface area contributed by atoms with Crippen molar-refractivity contribution in [1.29, 1.82) is 0 Å². The Balaban J connectivity index is 2.11. The van der Waals surface area contributed by atoms with E-state index in [0.29, 0.717) is 12.8 Å². The van der Waals surface area contributed by atoms with Gasteiger partial charge in [-0.2, -0.15) is 0 Å². The van der Waals surface area contributed by atoms with Crippen LogP contribution in [0.2, 0.25) is 0 Å². The summed E-state index contributed by atoms with van der Waals surface area (Å²) in [5.74, 6) is -3.17. The van der Waals surface area contributed by atoms with Gasteiger partial charge in [-0.05, 0) is 24.8 Å². The maximum Gasteiger partial charge on any atom is 0.307 e. The first-order valence-corrected chi connectivity index (χ1v) is 6.12. The van der Waals surface area contributed by atoms with Crippen LogP contribution in [0.5, 0.6) is 0 Å². The molecule has 102 valence electrons. The SMILES string of the molecule is CC1C[C@H](C(=O)Nc2ccncc2F)[C@H](C(=O)O)C1. The molecule has 2 rings (SSSR count). The second kappa shape index (κ2) is 5.34. The van der Waals surface area contributed by atoms with Gasteiger partial charge in [-0.25, -0.2) is 4.39 Å². The first-order valence-electron chi connectivity index (χ1n) is 6.12. The number of carbonyl (C=O) groups is 2. The molecule has 0 saturated heterocycles. The summed E-state index contributed by atoms with van der Waals surface area (Å²) in [7, 11) is 0. The normalized spacial score (nSPS) is 26.1. The van der Waals surface area contributed by atoms with Gasteiger partial charge in [0.15, 0.2) is 5.82 Å². The average molecular weight is 266 g/mol. The third kappa shape index (κ3) is 2.89. The molecule has 0 bridgehead atoms. The van der Waals surface area contributed by atoms with Crippen LogP contribution in [0.25, 0.3) is 0 Å². The predicted molar refractivity (Wildman–Crippen MR) is 65.8 cm³/mol. The predicted octanol–water partition coefficient (Wildman–Crippen LogP) is 1.91. The molecule has 19 heavy (non-hydrogen) atoms. The third-order valence-electron chi connectivity index (χ3n) is 3.48. The number of amides is 1. The van der Waals surface area contributed by atoms with Crippen molar-refractivity contribution in [2.24, 2.45) is 17.8 Å². The van der Waals surface area contributed by atoms with E-state index in [0.717, 1.165) is 6.20 Å². The number of rotatable bonds is 3. The Morgan fingerprint density at radius 1 is 1.42 bits per heavy atom. The van der Waals surface area contributed by atoms with Crippen LogP contribution in [-0.4, -0.2) is 22.0 Å². The molecule has 1 fully saturated rings. The van der Waals surface area contributed by atoms with Gasteiger partial charge < -0.3 is 10.4 Å². The highest BCUT2D eigenvalue weighted by Crippen LogP contribution is 2.37. The van der Waals surface area contributed by atoms with Gasteiger partial charge in [0, 0.05) is 6.20 Å². The first-order chi connectivity index (χ1) is 8.99. The van der Waals surface area contributed by atoms with Gasteiger partial charge in [-0.1, -0.05) is 6.92 Å². The van der Waals surface area contributed by atoms with Gasteiger partial charge in [0.2, 0.25) is 5.91 Å². The molecule has 1 aromatic rings. The average Bonchev–Trinajstić information content (AvgIpc) is 2.74. The van der Waals surface area contributed by atoms with E-state index in [9.17, 15) is 14.0 Å². The molecule has 0 aliphatic heterocycles. The molecule has 5 nitrogen and oxygen atoms in total. The number of nitrogens with one attached hydrogen (secondary N) is 1. The van der Waals surface area contributed by atoms with Crippen LogP contribution >= 0.6 is 0 Å². The number of nitrogens with zero attached hydrogens (tertiary/aromatic N) is 1. The van der Waals surface area contributed by atoms with Crippen molar-refractivity contribution in [3.8, 4) is 0 Å². The minimum atomic E-state index is -0.972. The van der Waals surface area contributed by atoms with E-state index in [1.165, 1.54) is 12.3 Å². The minimum absolute atomic E-state index is 0.0312. The number of aromatic nitrogens is 1. The smallest absolute Gasteiger partial charge is 0.307 e. The molecule has 0 spiro atoms. The summed E-state index contributed by atoms with van der Waals surface area (Å²) in [5, 5.41) is 11.5. The second-order valence-electron chi connectivity index (χ2n) is 4.97. The highest BCUT2D eigenvalue weighted by Gasteiger charge is 2.41. The number of hydrogen-bond acceptors (Lipinski definition) is 3. The van der Waals surface area contributed by atoms with E-state index < -0.39 is 29.5 Å². The molecule has 1 unspecified atom stereocenters. The van der Waals surface area contributed by atoms with E-state index in [1.807, 2.05) is 6.92 Å². The molecule has 1 saturated carbocycles. The number of aliphatic carboxylic acids is 1. The summed E-state index contributed by atoms with van der Waals surface area (Å²) in [4.78, 5) is 26.8. The highest BCUT2D eigenvalue weighted by molar-refractivity contribution is 5.95. The fourth-order valence-electron chi connectivity index (χ4n) is 2.56. The molecule has 1 aliphatic rings. The molecular weight excluding hydrogens is 251 g/mol. The Labute approximate surface area is 109 Å². The van der Waals surface area contributed by atoms with Gasteiger partial charge in [0.25, 0.3) is 0 Å². The zero-order chi connectivity index (χ0) is 14.0. The number of hydrogen-bond donors (Lipinski definition) is 2. The molecule has 0 aromatic carbocycles. The summed E-state index contributed by atoms with van der Waals surface area (Å²) in [5.41, 5.74) is 0.0312. The van der Waals surface area contributed by atoms with Crippen LogP contribution in [0.15, 0.2) is 18.5 Å². The van der Waals surface area contributed by atoms with Gasteiger partial charge in [0.05, 0.1) is 23.7 Å². The number of pyridine rings is 1. The van der Waals surface area contributed by atoms with Crippen LogP contribution in [0.1, 0.15) is 19.8 Å². The van der Waals surface area contributed by atoms with Crippen molar-refractivity contribution in [3.05, 3.63) is 24.3 Å². The van der Waals surface area contributed by atoms with Gasteiger partial charge in [0.1, 0.15) is 0 Å². The van der Waals surface area contributed by atoms with Gasteiger partial charge in [-0.3, -0.25) is 14.6 Å². The summed E-state index contributed by atoms with van der Waals surface area (Å²) in [6.45, 7) is 1.91. The number of carboxylic acids is 1. The van der Waals surface area contributed by atoms with Crippen molar-refractivity contribution in [2.75, 3.05) is 5.32 Å². The quantitative estimate of drug-likeness (QED) is 0.875. The second-order valence-corrected chi connectivity index (χ2v) is 4.97. The third-order valence-corrected chi connectivity index (χ3v) is 3.48. The largest absolute Gasteiger partial charge is 0.481 e. The Bertz CT molecular complexity index is 506. The van der Waals surface area contributed by atoms with Crippen LogP contribution in [0.3, 0.4) is 0 Å². The molecule has 3 atom stereocenters. The summed E-state index contributed by atoms with van der Waals surface area (Å²) < 4.78 is 13.4. The van der Waals surface area contributed by atoms with Gasteiger partial charge in [-0.15, -0.1) is 0 Å². The number of halogens is 1. The molecule has 2 N–H and O–H groups in total. The number of carbonyl (C=O) groups excluding carboxylic acids is 1. The van der Waals surface area contributed by atoms with Crippen LogP contribution in [0.4, 0.5) is 10.1 Å². The van der Waals surface area contributed by atoms with Crippen LogP contribution in [-0.2, 0) is 9.59 Å². The van der Waals surface area contributed by atoms with E-state index in [1.54, 1.807) is 0 Å². The maximum absolute atomic E-state index is 13.4. The molecule has 1 heterocycles. The highest BCUT2D eigenvalue weighted by atomic mass is 19.1. The van der Waals surface area contributed by atoms with Crippen molar-refractivity contribution in [3.63, 3.8) is 0 Å². The van der Waals surface area contributed by atoms with E-state index in [4.69, 9.17) is 5.11 Å². The lowest BCUT2D eigenvalue weighted by Gasteiger charge is -2.15. The maximum atomic E-state index is 13.4. The molecule has 0 radical (unpaired) electrons. The molecule has 1 aliphatic carbocycles. The van der Waals surface area contributed by atoms with E-state index in [2.05, 4.69) is 10.3 Å². The Morgan fingerprint density at radius 2 is 2.11 bits per heavy atom. The zero-order valence-corrected chi connectivity index (χ0v) is 10.5. The molecule has 1 amide bonds. The lowest BCUT2D eigenvalue weighted by atomic mass is 9.95. The monoisotopic (exact) mass is 266 g/mol. The Morgan fingerprint density at radius 3 is 2.74 bits per heavy atom. The number of carboxylic acid groups (broad SMARTS) is 1. The molecular formula is C13H15FN2O3. The first kappa shape index (κ1) is 13.5. The minimum Gasteiger partial charge on any atom is -0.481 e. The fourth-order valence-corrected chi connectivity index (χ4v) is 2.56.